The van der Waals surface area contributed by atoms with Crippen molar-refractivity contribution in [2.45, 2.75) is 70.1 Å². The van der Waals surface area contributed by atoms with Gasteiger partial charge in [0.15, 0.2) is 0 Å². The maximum absolute atomic E-state index is 12.9. The van der Waals surface area contributed by atoms with Crippen molar-refractivity contribution in [1.82, 2.24) is 25.9 Å². The zero-order valence-electron chi connectivity index (χ0n) is 19.6. The Morgan fingerprint density at radius 1 is 1.09 bits per heavy atom. The molecule has 1 heterocycles. The highest BCUT2D eigenvalue weighted by atomic mass is 32.1. The number of amides is 3. The Balaban J connectivity index is 2.93. The minimum Gasteiger partial charge on any atom is -0.480 e. The van der Waals surface area contributed by atoms with E-state index in [4.69, 9.17) is 11.5 Å². The Bertz CT molecular complexity index is 792. The van der Waals surface area contributed by atoms with Crippen LogP contribution in [0.5, 0.6) is 0 Å². The van der Waals surface area contributed by atoms with Gasteiger partial charge in [-0.25, -0.2) is 9.78 Å². The molecule has 5 atom stereocenters. The Hall–Kier alpha value is -2.64. The van der Waals surface area contributed by atoms with E-state index in [-0.39, 0.29) is 24.5 Å². The maximum atomic E-state index is 12.9. The summed E-state index contributed by atoms with van der Waals surface area (Å²) in [6.45, 7) is 4.15. The molecule has 0 aliphatic carbocycles. The van der Waals surface area contributed by atoms with Crippen LogP contribution >= 0.6 is 12.6 Å². The van der Waals surface area contributed by atoms with E-state index >= 15 is 0 Å². The van der Waals surface area contributed by atoms with E-state index in [0.29, 0.717) is 31.5 Å². The van der Waals surface area contributed by atoms with Gasteiger partial charge < -0.3 is 37.5 Å². The molecule has 0 saturated carbocycles. The smallest absolute Gasteiger partial charge is 0.326 e. The number of thiol groups is 1. The summed E-state index contributed by atoms with van der Waals surface area (Å²) in [7, 11) is 0. The van der Waals surface area contributed by atoms with Gasteiger partial charge in [-0.3, -0.25) is 14.4 Å². The number of carboxylic acids is 1. The van der Waals surface area contributed by atoms with Crippen LogP contribution in [0, 0.1) is 5.92 Å². The number of nitrogens with two attached hydrogens (primary N) is 2. The maximum Gasteiger partial charge on any atom is 0.326 e. The highest BCUT2D eigenvalue weighted by Gasteiger charge is 2.30. The highest BCUT2D eigenvalue weighted by molar-refractivity contribution is 7.80. The number of hydrogen-bond acceptors (Lipinski definition) is 8. The Labute approximate surface area is 204 Å². The Morgan fingerprint density at radius 2 is 1.71 bits per heavy atom. The zero-order chi connectivity index (χ0) is 25.7. The fraction of sp³-hybridized carbons (Fsp3) is 0.667. The molecular formula is C21H37N7O5S. The van der Waals surface area contributed by atoms with Crippen LogP contribution in [0.3, 0.4) is 0 Å². The SMILES string of the molecule is CCC(C)C(N)C(=O)NC(CS)C(=O)NC(Cc1cnc[nH]1)C(=O)NC(CCCCN)C(=O)O. The summed E-state index contributed by atoms with van der Waals surface area (Å²) < 4.78 is 0. The zero-order valence-corrected chi connectivity index (χ0v) is 20.5. The predicted octanol–water partition coefficient (Wildman–Crippen LogP) is -1.08. The molecule has 0 fully saturated rings. The van der Waals surface area contributed by atoms with Crippen LogP contribution < -0.4 is 27.4 Å². The number of aromatic amines is 1. The highest BCUT2D eigenvalue weighted by Crippen LogP contribution is 2.07. The molecule has 0 spiro atoms. The van der Waals surface area contributed by atoms with Crippen LogP contribution in [0.15, 0.2) is 12.5 Å². The lowest BCUT2D eigenvalue weighted by Crippen LogP contribution is -2.58. The van der Waals surface area contributed by atoms with Gasteiger partial charge in [-0.05, 0) is 31.7 Å². The average Bonchev–Trinajstić information content (AvgIpc) is 3.33. The number of carbonyl (C=O) groups excluding carboxylic acids is 3. The number of aromatic nitrogens is 2. The largest absolute Gasteiger partial charge is 0.480 e. The molecule has 0 aliphatic heterocycles. The summed E-state index contributed by atoms with van der Waals surface area (Å²) in [5, 5.41) is 17.1. The van der Waals surface area contributed by atoms with Gasteiger partial charge in [0.05, 0.1) is 12.4 Å². The van der Waals surface area contributed by atoms with Crippen LogP contribution in [0.2, 0.25) is 0 Å². The third-order valence-corrected chi connectivity index (χ3v) is 5.91. The van der Waals surface area contributed by atoms with Crippen LogP contribution in [0.1, 0.15) is 45.2 Å². The molecule has 12 nitrogen and oxygen atoms in total. The average molecular weight is 500 g/mol. The second-order valence-electron chi connectivity index (χ2n) is 8.18. The summed E-state index contributed by atoms with van der Waals surface area (Å²) >= 11 is 4.15. The van der Waals surface area contributed by atoms with Gasteiger partial charge in [0.1, 0.15) is 18.1 Å². The fourth-order valence-electron chi connectivity index (χ4n) is 3.09. The lowest BCUT2D eigenvalue weighted by Gasteiger charge is -2.25. The molecule has 34 heavy (non-hydrogen) atoms. The molecule has 0 radical (unpaired) electrons. The quantitative estimate of drug-likeness (QED) is 0.103. The molecule has 9 N–H and O–H groups in total. The molecule has 13 heteroatoms. The molecule has 192 valence electrons. The van der Waals surface area contributed by atoms with Crippen molar-refractivity contribution >= 4 is 36.3 Å². The van der Waals surface area contributed by atoms with Gasteiger partial charge in [-0.1, -0.05) is 20.3 Å². The summed E-state index contributed by atoms with van der Waals surface area (Å²) in [6.07, 6.45) is 4.98. The van der Waals surface area contributed by atoms with Gasteiger partial charge >= 0.3 is 5.97 Å². The first-order chi connectivity index (χ1) is 16.1. The molecule has 1 rings (SSSR count). The third kappa shape index (κ3) is 9.69. The number of carbonyl (C=O) groups is 4. The third-order valence-electron chi connectivity index (χ3n) is 5.55. The normalized spacial score (nSPS) is 15.4. The molecular weight excluding hydrogens is 462 g/mol. The Kier molecular flexibility index (Phi) is 13.2. The van der Waals surface area contributed by atoms with Gasteiger partial charge in [-0.15, -0.1) is 0 Å². The Morgan fingerprint density at radius 3 is 2.24 bits per heavy atom. The van der Waals surface area contributed by atoms with Crippen molar-refractivity contribution in [3.63, 3.8) is 0 Å². The number of carboxylic acid groups (broad SMARTS) is 1. The number of rotatable bonds is 16. The second kappa shape index (κ2) is 15.3. The van der Waals surface area contributed by atoms with Crippen LogP contribution in [-0.2, 0) is 25.6 Å². The van der Waals surface area contributed by atoms with Crippen molar-refractivity contribution in [1.29, 1.82) is 0 Å². The first-order valence-corrected chi connectivity index (χ1v) is 11.9. The van der Waals surface area contributed by atoms with Crippen LogP contribution in [0.25, 0.3) is 0 Å². The number of hydrogen-bond donors (Lipinski definition) is 8. The first kappa shape index (κ1) is 29.4. The molecule has 0 bridgehead atoms. The lowest BCUT2D eigenvalue weighted by molar-refractivity contribution is -0.142. The van der Waals surface area contributed by atoms with E-state index in [1.54, 1.807) is 0 Å². The standard InChI is InChI=1S/C21H37N7O5S/c1-3-12(2)17(23)20(31)28-16(10-34)19(30)27-15(8-13-9-24-11-25-13)18(29)26-14(21(32)33)6-4-5-7-22/h9,11-12,14-17,34H,3-8,10,22-23H2,1-2H3,(H,24,25)(H,26,29)(H,27,30)(H,28,31)(H,32,33). The van der Waals surface area contributed by atoms with Gasteiger partial charge in [-0.2, -0.15) is 12.6 Å². The van der Waals surface area contributed by atoms with Crippen molar-refractivity contribution in [3.8, 4) is 0 Å². The van der Waals surface area contributed by atoms with Crippen molar-refractivity contribution < 1.29 is 24.3 Å². The number of H-pyrrole nitrogens is 1. The first-order valence-electron chi connectivity index (χ1n) is 11.3. The molecule has 1 aromatic heterocycles. The number of nitrogens with one attached hydrogen (secondary N) is 4. The fourth-order valence-corrected chi connectivity index (χ4v) is 3.35. The van der Waals surface area contributed by atoms with E-state index in [0.717, 1.165) is 0 Å². The van der Waals surface area contributed by atoms with E-state index in [1.165, 1.54) is 12.5 Å². The van der Waals surface area contributed by atoms with Crippen molar-refractivity contribution in [2.75, 3.05) is 12.3 Å². The van der Waals surface area contributed by atoms with E-state index < -0.39 is 47.9 Å². The van der Waals surface area contributed by atoms with E-state index in [2.05, 4.69) is 38.5 Å². The molecule has 3 amide bonds. The minimum absolute atomic E-state index is 0.0277. The number of aliphatic carboxylic acids is 1. The summed E-state index contributed by atoms with van der Waals surface area (Å²) in [5.41, 5.74) is 12.0. The van der Waals surface area contributed by atoms with E-state index in [9.17, 15) is 24.3 Å². The van der Waals surface area contributed by atoms with Crippen LogP contribution in [-0.4, -0.2) is 75.2 Å². The number of imidazole rings is 1. The summed E-state index contributed by atoms with van der Waals surface area (Å²) in [6, 6.07) is -4.09. The summed E-state index contributed by atoms with van der Waals surface area (Å²) in [5.74, 6) is -3.12. The van der Waals surface area contributed by atoms with Crippen LogP contribution in [0.4, 0.5) is 0 Å². The predicted molar refractivity (Wildman–Crippen MR) is 130 cm³/mol. The second-order valence-corrected chi connectivity index (χ2v) is 8.55. The van der Waals surface area contributed by atoms with Crippen molar-refractivity contribution in [2.24, 2.45) is 17.4 Å². The summed E-state index contributed by atoms with van der Waals surface area (Å²) in [4.78, 5) is 56.6. The minimum atomic E-state index is -1.18. The molecule has 0 aromatic carbocycles. The van der Waals surface area contributed by atoms with Gasteiger partial charge in [0.2, 0.25) is 17.7 Å². The molecule has 0 saturated heterocycles. The molecule has 1 aromatic rings. The molecule has 0 aliphatic rings. The lowest BCUT2D eigenvalue weighted by atomic mass is 9.99. The van der Waals surface area contributed by atoms with Crippen molar-refractivity contribution in [3.05, 3.63) is 18.2 Å². The topological polar surface area (TPSA) is 205 Å². The van der Waals surface area contributed by atoms with Gasteiger partial charge in [0, 0.05) is 24.1 Å². The van der Waals surface area contributed by atoms with Gasteiger partial charge in [0.25, 0.3) is 0 Å². The monoisotopic (exact) mass is 499 g/mol. The van der Waals surface area contributed by atoms with E-state index in [1.807, 2.05) is 13.8 Å². The number of unbranched alkanes of at least 4 members (excludes halogenated alkanes) is 1. The number of nitrogens with zero attached hydrogens (tertiary/aromatic N) is 1. The molecule has 5 unspecified atom stereocenters.